The molecule has 0 atom stereocenters. The fourth-order valence-electron chi connectivity index (χ4n) is 2.65. The molecule has 120 valence electrons. The molecule has 1 aromatic heterocycles. The van der Waals surface area contributed by atoms with Crippen molar-refractivity contribution in [2.45, 2.75) is 13.8 Å². The maximum absolute atomic E-state index is 11.6. The molecular formula is C14H12Cl2N2O3SZr. The van der Waals surface area contributed by atoms with Crippen LogP contribution in [0.5, 0.6) is 0 Å². The van der Waals surface area contributed by atoms with E-state index >= 15 is 0 Å². The van der Waals surface area contributed by atoms with Crippen molar-refractivity contribution in [2.75, 3.05) is 0 Å². The first-order valence-electron chi connectivity index (χ1n) is 5.98. The largest absolute Gasteiger partial charge is 2.00 e. The quantitative estimate of drug-likeness (QED) is 0.470. The second kappa shape index (κ2) is 7.99. The molecule has 0 unspecified atom stereocenters. The fourth-order valence-corrected chi connectivity index (χ4v) is 3.65. The molecule has 0 aliphatic heterocycles. The van der Waals surface area contributed by atoms with Crippen LogP contribution < -0.4 is 24.8 Å². The van der Waals surface area contributed by atoms with E-state index in [-0.39, 0.29) is 55.9 Å². The molecule has 0 bridgehead atoms. The number of hydrogen-bond acceptors (Lipinski definition) is 4. The predicted octanol–water partition coefficient (Wildman–Crippen LogP) is -3.70. The Morgan fingerprint density at radius 3 is 2.00 bits per heavy atom. The second-order valence-electron chi connectivity index (χ2n) is 4.79. The molecule has 0 aromatic carbocycles. The molecule has 2 aliphatic rings. The van der Waals surface area contributed by atoms with Gasteiger partial charge in [0.1, 0.15) is 11.2 Å². The Kier molecular flexibility index (Phi) is 7.79. The second-order valence-corrected chi connectivity index (χ2v) is 6.15. The minimum absolute atomic E-state index is 0. The number of allylic oxidation sites excluding steroid dienone is 7. The molecule has 3 rings (SSSR count). The number of fused-ring (bicyclic) bond motifs is 1. The summed E-state index contributed by atoms with van der Waals surface area (Å²) in [5, 5.41) is 0. The van der Waals surface area contributed by atoms with E-state index in [0.29, 0.717) is 11.1 Å². The van der Waals surface area contributed by atoms with Crippen LogP contribution in [-0.4, -0.2) is 22.9 Å². The van der Waals surface area contributed by atoms with Crippen LogP contribution in [0.1, 0.15) is 19.4 Å². The Hall–Kier alpha value is -0.587. The average Bonchev–Trinajstić information content (AvgIpc) is 2.87. The minimum Gasteiger partial charge on any atom is -1.00 e. The summed E-state index contributed by atoms with van der Waals surface area (Å²) in [7, 11) is -4.24. The number of nitrogens with zero attached hydrogens (tertiary/aromatic N) is 2. The monoisotopic (exact) mass is 448 g/mol. The molecule has 0 amide bonds. The normalized spacial score (nSPS) is 16.0. The van der Waals surface area contributed by atoms with Crippen LogP contribution >= 0.6 is 0 Å². The molecule has 0 spiro atoms. The van der Waals surface area contributed by atoms with E-state index < -0.39 is 10.1 Å². The van der Waals surface area contributed by atoms with E-state index in [1.54, 1.807) is 25.4 Å². The van der Waals surface area contributed by atoms with Crippen molar-refractivity contribution in [3.05, 3.63) is 63.6 Å². The molecule has 5 nitrogen and oxygen atoms in total. The van der Waals surface area contributed by atoms with E-state index in [0.717, 1.165) is 22.3 Å². The minimum atomic E-state index is -4.24. The summed E-state index contributed by atoms with van der Waals surface area (Å²) in [6.07, 6.45) is 8.45. The van der Waals surface area contributed by atoms with Gasteiger partial charge in [-0.1, -0.05) is 6.08 Å². The van der Waals surface area contributed by atoms with E-state index in [1.165, 1.54) is 6.33 Å². The van der Waals surface area contributed by atoms with Crippen molar-refractivity contribution in [3.8, 4) is 0 Å². The Labute approximate surface area is 166 Å². The first-order valence-corrected chi connectivity index (χ1v) is 7.42. The van der Waals surface area contributed by atoms with Gasteiger partial charge >= 0.3 is 26.2 Å². The molecular weight excluding hydrogens is 438 g/mol. The molecule has 0 radical (unpaired) electrons. The van der Waals surface area contributed by atoms with Crippen LogP contribution in [0.4, 0.5) is 0 Å². The number of rotatable bonds is 2. The van der Waals surface area contributed by atoms with E-state index in [9.17, 15) is 13.0 Å². The fraction of sp³-hybridized carbons (Fsp3) is 0.143. The first kappa shape index (κ1) is 22.4. The van der Waals surface area contributed by atoms with Crippen molar-refractivity contribution in [3.63, 3.8) is 0 Å². The van der Waals surface area contributed by atoms with Gasteiger partial charge in [0.15, 0.2) is 0 Å². The van der Waals surface area contributed by atoms with Crippen LogP contribution in [0, 0.1) is 0 Å². The van der Waals surface area contributed by atoms with Gasteiger partial charge in [0.25, 0.3) is 10.1 Å². The molecule has 2 aliphatic carbocycles. The number of aromatic nitrogens is 2. The van der Waals surface area contributed by atoms with E-state index in [2.05, 4.69) is 9.97 Å². The summed E-state index contributed by atoms with van der Waals surface area (Å²) in [4.78, 5) is 7.95. The van der Waals surface area contributed by atoms with Crippen molar-refractivity contribution in [2.24, 2.45) is 0 Å². The van der Waals surface area contributed by atoms with Gasteiger partial charge in [0.05, 0.1) is 0 Å². The van der Waals surface area contributed by atoms with Gasteiger partial charge in [-0.05, 0) is 42.2 Å². The number of hydrogen-bond donors (Lipinski definition) is 1. The van der Waals surface area contributed by atoms with Crippen molar-refractivity contribution in [1.82, 2.24) is 9.97 Å². The Balaban J connectivity index is 0.00000161. The summed E-state index contributed by atoms with van der Waals surface area (Å²) in [6.45, 7) is 3.50. The molecule has 0 fully saturated rings. The Morgan fingerprint density at radius 2 is 1.48 bits per heavy atom. The summed E-state index contributed by atoms with van der Waals surface area (Å²) >= 11 is 0. The standard InChI is InChI=1S/C14H12N2O3S.2ClH.Zr/c1-8-3-11(10-5-15-7-16-6-10)12-4-9(2)14(13(8)12)20(17,18)19;;;/h3-7H,1-2H3,(H,17,18,19);2*1H;/q;;;+2/p-2. The molecule has 0 saturated heterocycles. The number of halogens is 2. The smallest absolute Gasteiger partial charge is 1.00 e. The summed E-state index contributed by atoms with van der Waals surface area (Å²) in [5.74, 6) is 0. The third-order valence-electron chi connectivity index (χ3n) is 3.39. The molecule has 1 aromatic rings. The third-order valence-corrected chi connectivity index (χ3v) is 4.43. The average molecular weight is 450 g/mol. The first-order chi connectivity index (χ1) is 9.39. The van der Waals surface area contributed by atoms with E-state index in [4.69, 9.17) is 0 Å². The third kappa shape index (κ3) is 3.91. The van der Waals surface area contributed by atoms with Crippen molar-refractivity contribution >= 4 is 15.7 Å². The molecule has 23 heavy (non-hydrogen) atoms. The van der Waals surface area contributed by atoms with Gasteiger partial charge in [0, 0.05) is 23.5 Å². The zero-order valence-electron chi connectivity index (χ0n) is 12.2. The maximum atomic E-state index is 11.6. The summed E-state index contributed by atoms with van der Waals surface area (Å²) in [5.41, 5.74) is 4.40. The Morgan fingerprint density at radius 1 is 0.957 bits per heavy atom. The molecule has 0 saturated carbocycles. The van der Waals surface area contributed by atoms with Gasteiger partial charge in [-0.3, -0.25) is 4.55 Å². The molecule has 1 heterocycles. The van der Waals surface area contributed by atoms with Crippen LogP contribution in [-0.2, 0) is 36.3 Å². The van der Waals surface area contributed by atoms with Gasteiger partial charge < -0.3 is 24.8 Å². The predicted molar refractivity (Wildman–Crippen MR) is 75.0 cm³/mol. The van der Waals surface area contributed by atoms with Gasteiger partial charge in [-0.15, -0.1) is 0 Å². The molecule has 9 heteroatoms. The van der Waals surface area contributed by atoms with Crippen LogP contribution in [0.25, 0.3) is 5.57 Å². The SMILES string of the molecule is CC1=C2C(=CC(C)=C2S(=O)(=O)O)C(c2cncnc2)=C1.[Cl-].[Cl-].[Zr+2]. The molecule has 1 N–H and O–H groups in total. The van der Waals surface area contributed by atoms with Crippen molar-refractivity contribution < 1.29 is 64.0 Å². The van der Waals surface area contributed by atoms with Crippen LogP contribution in [0.3, 0.4) is 0 Å². The Bertz CT molecular complexity index is 844. The summed E-state index contributed by atoms with van der Waals surface area (Å²) < 4.78 is 32.5. The van der Waals surface area contributed by atoms with Gasteiger partial charge in [-0.2, -0.15) is 8.42 Å². The van der Waals surface area contributed by atoms with Crippen molar-refractivity contribution in [1.29, 1.82) is 0 Å². The van der Waals surface area contributed by atoms with Crippen LogP contribution in [0.2, 0.25) is 0 Å². The van der Waals surface area contributed by atoms with E-state index in [1.807, 2.05) is 13.0 Å². The van der Waals surface area contributed by atoms with Gasteiger partial charge in [0.2, 0.25) is 0 Å². The summed E-state index contributed by atoms with van der Waals surface area (Å²) in [6, 6.07) is 0. The zero-order valence-corrected chi connectivity index (χ0v) is 17.0. The van der Waals surface area contributed by atoms with Gasteiger partial charge in [-0.25, -0.2) is 9.97 Å². The topological polar surface area (TPSA) is 80.2 Å². The zero-order chi connectivity index (χ0) is 14.5. The van der Waals surface area contributed by atoms with Crippen LogP contribution in [0.15, 0.2) is 58.1 Å². The maximum Gasteiger partial charge on any atom is 2.00 e.